The first kappa shape index (κ1) is 15.3. The van der Waals surface area contributed by atoms with Gasteiger partial charge in [0.2, 0.25) is 0 Å². The molecule has 0 aliphatic heterocycles. The Bertz CT molecular complexity index is 392. The lowest BCUT2D eigenvalue weighted by Crippen LogP contribution is -2.44. The summed E-state index contributed by atoms with van der Waals surface area (Å²) in [6.45, 7) is 2.33. The van der Waals surface area contributed by atoms with Crippen LogP contribution in [0, 0.1) is 0 Å². The molecule has 1 rings (SSSR count). The number of nitrogens with zero attached hydrogens (tertiary/aromatic N) is 1. The molecule has 0 saturated carbocycles. The normalized spacial score (nSPS) is 11.9. The summed E-state index contributed by atoms with van der Waals surface area (Å²) in [5.74, 6) is 0.261. The van der Waals surface area contributed by atoms with Crippen LogP contribution in [-0.2, 0) is 6.42 Å². The Kier molecular flexibility index (Phi) is 6.15. The minimum Gasteiger partial charge on any atom is -0.508 e. The standard InChI is InChI=1S/C14H22N2O3/c1-11(10-17)16(2)14(19)15-9-3-4-12-5-7-13(18)8-6-12/h5-8,11,17-18H,3-4,9-10H2,1-2H3,(H,15,19). The number of hydrogen-bond acceptors (Lipinski definition) is 3. The quantitative estimate of drug-likeness (QED) is 0.680. The van der Waals surface area contributed by atoms with E-state index in [0.29, 0.717) is 6.54 Å². The zero-order valence-corrected chi connectivity index (χ0v) is 11.5. The number of phenols is 1. The van der Waals surface area contributed by atoms with Crippen molar-refractivity contribution < 1.29 is 15.0 Å². The molecular weight excluding hydrogens is 244 g/mol. The maximum Gasteiger partial charge on any atom is 0.317 e. The predicted octanol–water partition coefficient (Wildman–Crippen LogP) is 1.35. The topological polar surface area (TPSA) is 72.8 Å². The molecule has 5 heteroatoms. The highest BCUT2D eigenvalue weighted by Gasteiger charge is 2.13. The van der Waals surface area contributed by atoms with Crippen molar-refractivity contribution in [2.45, 2.75) is 25.8 Å². The van der Waals surface area contributed by atoms with Crippen LogP contribution in [0.1, 0.15) is 18.9 Å². The summed E-state index contributed by atoms with van der Waals surface area (Å²) in [5.41, 5.74) is 1.13. The second kappa shape index (κ2) is 7.63. The molecule has 106 valence electrons. The zero-order chi connectivity index (χ0) is 14.3. The number of nitrogens with one attached hydrogen (secondary N) is 1. The van der Waals surface area contributed by atoms with Gasteiger partial charge in [0.15, 0.2) is 0 Å². The van der Waals surface area contributed by atoms with E-state index < -0.39 is 0 Å². The number of carbonyl (C=O) groups excluding carboxylic acids is 1. The van der Waals surface area contributed by atoms with Crippen LogP contribution in [-0.4, -0.2) is 47.4 Å². The van der Waals surface area contributed by atoms with Gasteiger partial charge in [0.05, 0.1) is 12.6 Å². The molecule has 1 aromatic carbocycles. The molecule has 0 saturated heterocycles. The van der Waals surface area contributed by atoms with E-state index in [-0.39, 0.29) is 24.4 Å². The minimum atomic E-state index is -0.183. The fraction of sp³-hybridized carbons (Fsp3) is 0.500. The van der Waals surface area contributed by atoms with Crippen molar-refractivity contribution in [3.8, 4) is 5.75 Å². The molecule has 0 spiro atoms. The van der Waals surface area contributed by atoms with Crippen LogP contribution in [0.15, 0.2) is 24.3 Å². The molecule has 2 amide bonds. The Labute approximate surface area is 113 Å². The average Bonchev–Trinajstić information content (AvgIpc) is 2.43. The van der Waals surface area contributed by atoms with Gasteiger partial charge >= 0.3 is 6.03 Å². The Morgan fingerprint density at radius 1 is 1.37 bits per heavy atom. The lowest BCUT2D eigenvalue weighted by molar-refractivity contribution is 0.157. The third kappa shape index (κ3) is 5.18. The number of hydrogen-bond donors (Lipinski definition) is 3. The van der Waals surface area contributed by atoms with E-state index in [1.54, 1.807) is 26.1 Å². The van der Waals surface area contributed by atoms with Gasteiger partial charge in [-0.3, -0.25) is 0 Å². The molecule has 0 fully saturated rings. The van der Waals surface area contributed by atoms with E-state index in [9.17, 15) is 4.79 Å². The Morgan fingerprint density at radius 2 is 2.00 bits per heavy atom. The Hall–Kier alpha value is -1.75. The smallest absolute Gasteiger partial charge is 0.317 e. The molecule has 0 heterocycles. The van der Waals surface area contributed by atoms with Crippen LogP contribution < -0.4 is 5.32 Å². The van der Waals surface area contributed by atoms with Crippen LogP contribution in [0.3, 0.4) is 0 Å². The number of phenolic OH excluding ortho intramolecular Hbond substituents is 1. The summed E-state index contributed by atoms with van der Waals surface area (Å²) >= 11 is 0. The van der Waals surface area contributed by atoms with Gasteiger partial charge in [0.1, 0.15) is 5.75 Å². The van der Waals surface area contributed by atoms with Crippen molar-refractivity contribution in [3.63, 3.8) is 0 Å². The average molecular weight is 266 g/mol. The third-order valence-electron chi connectivity index (χ3n) is 3.10. The van der Waals surface area contributed by atoms with Crippen molar-refractivity contribution in [3.05, 3.63) is 29.8 Å². The number of likely N-dealkylation sites (N-methyl/N-ethyl adjacent to an activating group) is 1. The lowest BCUT2D eigenvalue weighted by atomic mass is 10.1. The van der Waals surface area contributed by atoms with Crippen molar-refractivity contribution in [2.24, 2.45) is 0 Å². The number of carbonyl (C=O) groups is 1. The highest BCUT2D eigenvalue weighted by molar-refractivity contribution is 5.74. The van der Waals surface area contributed by atoms with Gasteiger partial charge in [-0.1, -0.05) is 12.1 Å². The number of aromatic hydroxyl groups is 1. The molecular formula is C14H22N2O3. The third-order valence-corrected chi connectivity index (χ3v) is 3.10. The van der Waals surface area contributed by atoms with Crippen LogP contribution >= 0.6 is 0 Å². The van der Waals surface area contributed by atoms with Crippen molar-refractivity contribution in [1.82, 2.24) is 10.2 Å². The Morgan fingerprint density at radius 3 is 2.58 bits per heavy atom. The summed E-state index contributed by atoms with van der Waals surface area (Å²) in [4.78, 5) is 13.2. The number of rotatable bonds is 6. The molecule has 0 aliphatic rings. The first-order valence-electron chi connectivity index (χ1n) is 6.44. The molecule has 19 heavy (non-hydrogen) atoms. The van der Waals surface area contributed by atoms with Crippen LogP contribution in [0.4, 0.5) is 4.79 Å². The number of urea groups is 1. The summed E-state index contributed by atoms with van der Waals surface area (Å²) in [7, 11) is 1.66. The van der Waals surface area contributed by atoms with E-state index in [1.807, 2.05) is 12.1 Å². The van der Waals surface area contributed by atoms with Gasteiger partial charge in [-0.25, -0.2) is 4.79 Å². The molecule has 1 atom stereocenters. The van der Waals surface area contributed by atoms with Gasteiger partial charge in [0, 0.05) is 13.6 Å². The van der Waals surface area contributed by atoms with Crippen LogP contribution in [0.2, 0.25) is 0 Å². The molecule has 0 bridgehead atoms. The summed E-state index contributed by atoms with van der Waals surface area (Å²) in [5, 5.41) is 20.9. The maximum absolute atomic E-state index is 11.7. The van der Waals surface area contributed by atoms with E-state index in [1.165, 1.54) is 4.90 Å². The molecule has 0 aromatic heterocycles. The second-order valence-electron chi connectivity index (χ2n) is 4.64. The second-order valence-corrected chi connectivity index (χ2v) is 4.64. The lowest BCUT2D eigenvalue weighted by Gasteiger charge is -2.23. The zero-order valence-electron chi connectivity index (χ0n) is 11.5. The molecule has 5 nitrogen and oxygen atoms in total. The number of aryl methyl sites for hydroxylation is 1. The van der Waals surface area contributed by atoms with E-state index in [4.69, 9.17) is 10.2 Å². The molecule has 1 unspecified atom stereocenters. The molecule has 0 aliphatic carbocycles. The molecule has 3 N–H and O–H groups in total. The minimum absolute atomic E-state index is 0.0442. The number of aliphatic hydroxyl groups is 1. The molecule has 1 aromatic rings. The van der Waals surface area contributed by atoms with E-state index in [0.717, 1.165) is 18.4 Å². The van der Waals surface area contributed by atoms with Gasteiger partial charge in [-0.15, -0.1) is 0 Å². The fourth-order valence-corrected chi connectivity index (χ4v) is 1.60. The maximum atomic E-state index is 11.7. The van der Waals surface area contributed by atoms with Crippen molar-refractivity contribution in [1.29, 1.82) is 0 Å². The van der Waals surface area contributed by atoms with Gasteiger partial charge in [-0.2, -0.15) is 0 Å². The summed E-state index contributed by atoms with van der Waals surface area (Å²) in [6.07, 6.45) is 1.68. The van der Waals surface area contributed by atoms with Crippen molar-refractivity contribution in [2.75, 3.05) is 20.2 Å². The first-order valence-corrected chi connectivity index (χ1v) is 6.44. The van der Waals surface area contributed by atoms with E-state index in [2.05, 4.69) is 5.32 Å². The fourth-order valence-electron chi connectivity index (χ4n) is 1.60. The van der Waals surface area contributed by atoms with Gasteiger partial charge < -0.3 is 20.4 Å². The summed E-state index contributed by atoms with van der Waals surface area (Å²) < 4.78 is 0. The van der Waals surface area contributed by atoms with Crippen LogP contribution in [0.25, 0.3) is 0 Å². The van der Waals surface area contributed by atoms with Gasteiger partial charge in [-0.05, 0) is 37.5 Å². The molecule has 0 radical (unpaired) electrons. The monoisotopic (exact) mass is 266 g/mol. The van der Waals surface area contributed by atoms with Crippen LogP contribution in [0.5, 0.6) is 5.75 Å². The number of benzene rings is 1. The van der Waals surface area contributed by atoms with E-state index >= 15 is 0 Å². The first-order chi connectivity index (χ1) is 9.04. The number of amides is 2. The summed E-state index contributed by atoms with van der Waals surface area (Å²) in [6, 6.07) is 6.70. The predicted molar refractivity (Wildman–Crippen MR) is 74.1 cm³/mol. The van der Waals surface area contributed by atoms with Gasteiger partial charge in [0.25, 0.3) is 0 Å². The SMILES string of the molecule is CC(CO)N(C)C(=O)NCCCc1ccc(O)cc1. The Balaban J connectivity index is 2.23. The van der Waals surface area contributed by atoms with Crippen molar-refractivity contribution >= 4 is 6.03 Å². The highest BCUT2D eigenvalue weighted by Crippen LogP contribution is 2.10. The highest BCUT2D eigenvalue weighted by atomic mass is 16.3. The largest absolute Gasteiger partial charge is 0.508 e. The number of aliphatic hydroxyl groups excluding tert-OH is 1.